The van der Waals surface area contributed by atoms with E-state index in [9.17, 15) is 13.6 Å². The molecule has 2 nitrogen and oxygen atoms in total. The molecule has 4 heteroatoms. The molecule has 114 valence electrons. The first-order valence-corrected chi connectivity index (χ1v) is 7.02. The van der Waals surface area contributed by atoms with Crippen LogP contribution in [0.1, 0.15) is 18.1 Å². The molecule has 2 aromatic rings. The minimum absolute atomic E-state index is 0.282. The summed E-state index contributed by atoms with van der Waals surface area (Å²) in [6, 6.07) is 12.7. The normalized spacial score (nSPS) is 11.3. The van der Waals surface area contributed by atoms with Gasteiger partial charge in [0.15, 0.2) is 0 Å². The highest BCUT2D eigenvalue weighted by Crippen LogP contribution is 2.11. The predicted octanol–water partition coefficient (Wildman–Crippen LogP) is 3.73. The molecule has 0 saturated heterocycles. The maximum absolute atomic E-state index is 13.5. The SMILES string of the molecule is C/C(=C\c1ccccc1F)C(=O)NCCc1ccccc1F. The number of rotatable bonds is 5. The molecule has 22 heavy (non-hydrogen) atoms. The first kappa shape index (κ1) is 15.9. The van der Waals surface area contributed by atoms with Crippen LogP contribution in [0.5, 0.6) is 0 Å². The molecule has 0 fully saturated rings. The fraction of sp³-hybridized carbons (Fsp3) is 0.167. The van der Waals surface area contributed by atoms with Crippen molar-refractivity contribution in [2.24, 2.45) is 0 Å². The Labute approximate surface area is 128 Å². The second-order valence-electron chi connectivity index (χ2n) is 4.95. The molecule has 0 aliphatic carbocycles. The molecule has 0 saturated carbocycles. The van der Waals surface area contributed by atoms with Gasteiger partial charge in [0.25, 0.3) is 0 Å². The van der Waals surface area contributed by atoms with Crippen LogP contribution in [0.4, 0.5) is 8.78 Å². The van der Waals surface area contributed by atoms with Crippen LogP contribution in [0, 0.1) is 11.6 Å². The summed E-state index contributed by atoms with van der Waals surface area (Å²) in [7, 11) is 0. The largest absolute Gasteiger partial charge is 0.352 e. The fourth-order valence-electron chi connectivity index (χ4n) is 2.04. The number of benzene rings is 2. The topological polar surface area (TPSA) is 29.1 Å². The van der Waals surface area contributed by atoms with Crippen molar-refractivity contribution in [3.63, 3.8) is 0 Å². The summed E-state index contributed by atoms with van der Waals surface area (Å²) in [5.74, 6) is -0.948. The van der Waals surface area contributed by atoms with Crippen LogP contribution in [0.25, 0.3) is 6.08 Å². The first-order valence-electron chi connectivity index (χ1n) is 7.02. The van der Waals surface area contributed by atoms with Crippen molar-refractivity contribution in [1.82, 2.24) is 5.32 Å². The lowest BCUT2D eigenvalue weighted by Gasteiger charge is -2.07. The Hall–Kier alpha value is -2.49. The van der Waals surface area contributed by atoms with E-state index in [0.717, 1.165) is 0 Å². The third kappa shape index (κ3) is 4.25. The summed E-state index contributed by atoms with van der Waals surface area (Å²) in [4.78, 5) is 11.9. The minimum Gasteiger partial charge on any atom is -0.352 e. The summed E-state index contributed by atoms with van der Waals surface area (Å²) in [6.45, 7) is 1.94. The third-order valence-corrected chi connectivity index (χ3v) is 3.27. The van der Waals surface area contributed by atoms with Crippen molar-refractivity contribution in [3.05, 3.63) is 76.9 Å². The Bertz CT molecular complexity index is 695. The van der Waals surface area contributed by atoms with Crippen LogP contribution in [0.2, 0.25) is 0 Å². The summed E-state index contributed by atoms with van der Waals surface area (Å²) in [5.41, 5.74) is 1.32. The fourth-order valence-corrected chi connectivity index (χ4v) is 2.04. The first-order chi connectivity index (χ1) is 10.6. The lowest BCUT2D eigenvalue weighted by molar-refractivity contribution is -0.117. The average molecular weight is 301 g/mol. The molecule has 0 spiro atoms. The van der Waals surface area contributed by atoms with Crippen LogP contribution in [-0.2, 0) is 11.2 Å². The molecule has 0 aliphatic rings. The molecule has 0 aliphatic heterocycles. The van der Waals surface area contributed by atoms with Crippen LogP contribution >= 0.6 is 0 Å². The molecule has 1 N–H and O–H groups in total. The van der Waals surface area contributed by atoms with E-state index < -0.39 is 0 Å². The van der Waals surface area contributed by atoms with Crippen LogP contribution in [0.3, 0.4) is 0 Å². The summed E-state index contributed by atoms with van der Waals surface area (Å²) in [5, 5.41) is 2.70. The van der Waals surface area contributed by atoms with Gasteiger partial charge in [0.1, 0.15) is 11.6 Å². The maximum atomic E-state index is 13.5. The average Bonchev–Trinajstić information content (AvgIpc) is 2.51. The van der Waals surface area contributed by atoms with Gasteiger partial charge in [-0.1, -0.05) is 36.4 Å². The van der Waals surface area contributed by atoms with Crippen LogP contribution < -0.4 is 5.32 Å². The van der Waals surface area contributed by atoms with E-state index in [0.29, 0.717) is 29.7 Å². The van der Waals surface area contributed by atoms with Gasteiger partial charge in [-0.2, -0.15) is 0 Å². The Morgan fingerprint density at radius 1 is 1.05 bits per heavy atom. The monoisotopic (exact) mass is 301 g/mol. The van der Waals surface area contributed by atoms with E-state index >= 15 is 0 Å². The van der Waals surface area contributed by atoms with Crippen molar-refractivity contribution in [1.29, 1.82) is 0 Å². The van der Waals surface area contributed by atoms with Crippen molar-refractivity contribution >= 4 is 12.0 Å². The minimum atomic E-state index is -0.374. The molecular formula is C18H17F2NO. The summed E-state index contributed by atoms with van der Waals surface area (Å²) >= 11 is 0. The van der Waals surface area contributed by atoms with E-state index in [1.165, 1.54) is 18.2 Å². The lowest BCUT2D eigenvalue weighted by atomic mass is 10.1. The number of carbonyl (C=O) groups excluding carboxylic acids is 1. The van der Waals surface area contributed by atoms with Gasteiger partial charge in [-0.15, -0.1) is 0 Å². The van der Waals surface area contributed by atoms with Gasteiger partial charge < -0.3 is 5.32 Å². The number of carbonyl (C=O) groups is 1. The summed E-state index contributed by atoms with van der Waals surface area (Å²) < 4.78 is 27.0. The number of hydrogen-bond donors (Lipinski definition) is 1. The van der Waals surface area contributed by atoms with Gasteiger partial charge in [-0.25, -0.2) is 8.78 Å². The molecule has 0 atom stereocenters. The smallest absolute Gasteiger partial charge is 0.246 e. The van der Waals surface area contributed by atoms with Gasteiger partial charge in [-0.3, -0.25) is 4.79 Å². The second-order valence-corrected chi connectivity index (χ2v) is 4.95. The van der Waals surface area contributed by atoms with Gasteiger partial charge >= 0.3 is 0 Å². The van der Waals surface area contributed by atoms with Crippen LogP contribution in [-0.4, -0.2) is 12.5 Å². The van der Waals surface area contributed by atoms with Gasteiger partial charge in [0, 0.05) is 17.7 Å². The van der Waals surface area contributed by atoms with Gasteiger partial charge in [0.2, 0.25) is 5.91 Å². The molecule has 2 rings (SSSR count). The molecular weight excluding hydrogens is 284 g/mol. The van der Waals surface area contributed by atoms with E-state index in [1.54, 1.807) is 43.3 Å². The van der Waals surface area contributed by atoms with E-state index in [-0.39, 0.29) is 17.5 Å². The van der Waals surface area contributed by atoms with Gasteiger partial charge in [0.05, 0.1) is 0 Å². The van der Waals surface area contributed by atoms with Crippen molar-refractivity contribution in [2.75, 3.05) is 6.54 Å². The number of nitrogens with one attached hydrogen (secondary N) is 1. The highest BCUT2D eigenvalue weighted by atomic mass is 19.1. The molecule has 0 unspecified atom stereocenters. The highest BCUT2D eigenvalue weighted by molar-refractivity contribution is 5.97. The van der Waals surface area contributed by atoms with Crippen molar-refractivity contribution < 1.29 is 13.6 Å². The molecule has 2 aromatic carbocycles. The number of halogens is 2. The zero-order valence-corrected chi connectivity index (χ0v) is 12.3. The molecule has 0 bridgehead atoms. The number of hydrogen-bond acceptors (Lipinski definition) is 1. The Morgan fingerprint density at radius 3 is 2.36 bits per heavy atom. The predicted molar refractivity (Wildman–Crippen MR) is 83.2 cm³/mol. The standard InChI is InChI=1S/C18H17F2NO/c1-13(12-15-7-3-5-9-17(15)20)18(22)21-11-10-14-6-2-4-8-16(14)19/h2-9,12H,10-11H2,1H3,(H,21,22)/b13-12+. The van der Waals surface area contributed by atoms with Crippen molar-refractivity contribution in [3.8, 4) is 0 Å². The van der Waals surface area contributed by atoms with Crippen LogP contribution in [0.15, 0.2) is 54.1 Å². The molecule has 0 aromatic heterocycles. The zero-order chi connectivity index (χ0) is 15.9. The quantitative estimate of drug-likeness (QED) is 0.838. The Balaban J connectivity index is 1.92. The highest BCUT2D eigenvalue weighted by Gasteiger charge is 2.06. The second kappa shape index (κ2) is 7.50. The third-order valence-electron chi connectivity index (χ3n) is 3.27. The maximum Gasteiger partial charge on any atom is 0.246 e. The Kier molecular flexibility index (Phi) is 5.42. The van der Waals surface area contributed by atoms with E-state index in [4.69, 9.17) is 0 Å². The number of amides is 1. The van der Waals surface area contributed by atoms with E-state index in [1.807, 2.05) is 0 Å². The molecule has 0 radical (unpaired) electrons. The van der Waals surface area contributed by atoms with Gasteiger partial charge in [-0.05, 0) is 37.1 Å². The summed E-state index contributed by atoms with van der Waals surface area (Å²) in [6.07, 6.45) is 1.90. The molecule has 1 amide bonds. The lowest BCUT2D eigenvalue weighted by Crippen LogP contribution is -2.26. The van der Waals surface area contributed by atoms with E-state index in [2.05, 4.69) is 5.32 Å². The van der Waals surface area contributed by atoms with Crippen molar-refractivity contribution in [2.45, 2.75) is 13.3 Å². The Morgan fingerprint density at radius 2 is 1.68 bits per heavy atom. The molecule has 0 heterocycles. The zero-order valence-electron chi connectivity index (χ0n) is 12.3.